The number of halogens is 1. The Bertz CT molecular complexity index is 747. The van der Waals surface area contributed by atoms with Crippen molar-refractivity contribution in [2.75, 3.05) is 17.2 Å². The van der Waals surface area contributed by atoms with E-state index in [4.69, 9.17) is 4.74 Å². The van der Waals surface area contributed by atoms with Crippen molar-refractivity contribution in [2.24, 2.45) is 0 Å². The van der Waals surface area contributed by atoms with Crippen LogP contribution in [-0.2, 0) is 9.59 Å². The van der Waals surface area contributed by atoms with Gasteiger partial charge in [-0.1, -0.05) is 28.9 Å². The van der Waals surface area contributed by atoms with Gasteiger partial charge in [0, 0.05) is 22.3 Å². The van der Waals surface area contributed by atoms with Crippen LogP contribution in [0.3, 0.4) is 0 Å². The van der Waals surface area contributed by atoms with Crippen molar-refractivity contribution in [2.45, 2.75) is 20.3 Å². The van der Waals surface area contributed by atoms with Gasteiger partial charge in [0.2, 0.25) is 5.91 Å². The predicted octanol–water partition coefficient (Wildman–Crippen LogP) is 4.12. The first-order valence-corrected chi connectivity index (χ1v) is 8.36. The van der Waals surface area contributed by atoms with Crippen molar-refractivity contribution in [1.29, 1.82) is 0 Å². The molecule has 24 heavy (non-hydrogen) atoms. The van der Waals surface area contributed by atoms with E-state index in [1.165, 1.54) is 0 Å². The lowest BCUT2D eigenvalue weighted by atomic mass is 10.2. The highest BCUT2D eigenvalue weighted by Crippen LogP contribution is 2.21. The minimum Gasteiger partial charge on any atom is -0.484 e. The van der Waals surface area contributed by atoms with Crippen molar-refractivity contribution in [3.63, 3.8) is 0 Å². The fourth-order valence-electron chi connectivity index (χ4n) is 1.98. The monoisotopic (exact) mass is 390 g/mol. The Morgan fingerprint density at radius 1 is 1.04 bits per heavy atom. The minimum atomic E-state index is -0.269. The van der Waals surface area contributed by atoms with E-state index in [0.717, 1.165) is 10.0 Å². The highest BCUT2D eigenvalue weighted by Gasteiger charge is 2.06. The molecular formula is C18H19BrN2O3. The van der Waals surface area contributed by atoms with E-state index in [1.54, 1.807) is 37.3 Å². The van der Waals surface area contributed by atoms with Crippen LogP contribution >= 0.6 is 15.9 Å². The Labute approximate surface area is 149 Å². The van der Waals surface area contributed by atoms with Crippen LogP contribution in [0.2, 0.25) is 0 Å². The van der Waals surface area contributed by atoms with E-state index in [1.807, 2.05) is 19.1 Å². The normalized spacial score (nSPS) is 10.1. The molecule has 0 unspecified atom stereocenters. The van der Waals surface area contributed by atoms with Gasteiger partial charge in [0.1, 0.15) is 5.75 Å². The maximum Gasteiger partial charge on any atom is 0.262 e. The number of carbonyl (C=O) groups excluding carboxylic acids is 2. The molecular weight excluding hydrogens is 372 g/mol. The molecule has 0 aromatic heterocycles. The second-order valence-corrected chi connectivity index (χ2v) is 6.08. The summed E-state index contributed by atoms with van der Waals surface area (Å²) in [5.41, 5.74) is 2.28. The number of amides is 2. The Kier molecular flexibility index (Phi) is 6.37. The third kappa shape index (κ3) is 5.38. The topological polar surface area (TPSA) is 67.4 Å². The Hall–Kier alpha value is -2.34. The van der Waals surface area contributed by atoms with Crippen LogP contribution in [0, 0.1) is 6.92 Å². The predicted molar refractivity (Wildman–Crippen MR) is 98.4 cm³/mol. The fourth-order valence-corrected chi connectivity index (χ4v) is 2.22. The molecule has 0 fully saturated rings. The lowest BCUT2D eigenvalue weighted by Gasteiger charge is -2.10. The van der Waals surface area contributed by atoms with Crippen LogP contribution in [0.4, 0.5) is 11.4 Å². The summed E-state index contributed by atoms with van der Waals surface area (Å²) in [5.74, 6) is 0.289. The van der Waals surface area contributed by atoms with Gasteiger partial charge in [-0.05, 0) is 48.9 Å². The molecule has 0 aliphatic carbocycles. The largest absolute Gasteiger partial charge is 0.484 e. The lowest BCUT2D eigenvalue weighted by molar-refractivity contribution is -0.118. The third-order valence-corrected chi connectivity index (χ3v) is 4.14. The molecule has 0 aliphatic rings. The first-order valence-electron chi connectivity index (χ1n) is 7.56. The van der Waals surface area contributed by atoms with Gasteiger partial charge in [-0.25, -0.2) is 0 Å². The van der Waals surface area contributed by atoms with Gasteiger partial charge in [-0.2, -0.15) is 0 Å². The average molecular weight is 391 g/mol. The minimum absolute atomic E-state index is 0.0765. The van der Waals surface area contributed by atoms with Gasteiger partial charge in [-0.3, -0.25) is 9.59 Å². The standard InChI is InChI=1S/C18H19BrN2O3/c1-3-17(22)20-13-5-4-6-14(10-13)21-18(23)11-24-15-7-8-16(19)12(2)9-15/h4-10H,3,11H2,1-2H3,(H,20,22)(H,21,23). The molecule has 0 atom stereocenters. The molecule has 0 heterocycles. The summed E-state index contributed by atoms with van der Waals surface area (Å²) in [6.07, 6.45) is 0.400. The van der Waals surface area contributed by atoms with E-state index in [2.05, 4.69) is 26.6 Å². The van der Waals surface area contributed by atoms with Crippen molar-refractivity contribution in [3.8, 4) is 5.75 Å². The maximum atomic E-state index is 12.0. The fraction of sp³-hybridized carbons (Fsp3) is 0.222. The van der Waals surface area contributed by atoms with E-state index in [9.17, 15) is 9.59 Å². The molecule has 0 saturated heterocycles. The van der Waals surface area contributed by atoms with Gasteiger partial charge >= 0.3 is 0 Å². The van der Waals surface area contributed by atoms with E-state index in [-0.39, 0.29) is 18.4 Å². The van der Waals surface area contributed by atoms with Crippen LogP contribution < -0.4 is 15.4 Å². The SMILES string of the molecule is CCC(=O)Nc1cccc(NC(=O)COc2ccc(Br)c(C)c2)c1. The molecule has 0 aliphatic heterocycles. The number of carbonyl (C=O) groups is 2. The van der Waals surface area contributed by atoms with Crippen molar-refractivity contribution >= 4 is 39.1 Å². The summed E-state index contributed by atoms with van der Waals surface area (Å²) in [6.45, 7) is 3.64. The zero-order valence-electron chi connectivity index (χ0n) is 13.6. The molecule has 2 amide bonds. The maximum absolute atomic E-state index is 12.0. The van der Waals surface area contributed by atoms with E-state index >= 15 is 0 Å². The number of hydrogen-bond acceptors (Lipinski definition) is 3. The first-order chi connectivity index (χ1) is 11.5. The molecule has 0 spiro atoms. The number of anilines is 2. The molecule has 5 nitrogen and oxygen atoms in total. The van der Waals surface area contributed by atoms with Gasteiger partial charge in [0.05, 0.1) is 0 Å². The van der Waals surface area contributed by atoms with Gasteiger partial charge in [-0.15, -0.1) is 0 Å². The Morgan fingerprint density at radius 3 is 2.33 bits per heavy atom. The van der Waals surface area contributed by atoms with Crippen molar-refractivity contribution in [3.05, 3.63) is 52.5 Å². The van der Waals surface area contributed by atoms with Gasteiger partial charge < -0.3 is 15.4 Å². The molecule has 0 radical (unpaired) electrons. The summed E-state index contributed by atoms with van der Waals surface area (Å²) in [6, 6.07) is 12.5. The van der Waals surface area contributed by atoms with Crippen LogP contribution in [0.15, 0.2) is 46.9 Å². The highest BCUT2D eigenvalue weighted by molar-refractivity contribution is 9.10. The quantitative estimate of drug-likeness (QED) is 0.779. The third-order valence-electron chi connectivity index (χ3n) is 3.25. The number of rotatable bonds is 6. The summed E-state index contributed by atoms with van der Waals surface area (Å²) >= 11 is 3.42. The molecule has 2 aromatic rings. The molecule has 2 N–H and O–H groups in total. The smallest absolute Gasteiger partial charge is 0.262 e. The average Bonchev–Trinajstić information content (AvgIpc) is 2.56. The molecule has 2 aromatic carbocycles. The number of hydrogen-bond donors (Lipinski definition) is 2. The van der Waals surface area contributed by atoms with Crippen LogP contribution in [0.1, 0.15) is 18.9 Å². The van der Waals surface area contributed by atoms with Gasteiger partial charge in [0.15, 0.2) is 6.61 Å². The lowest BCUT2D eigenvalue weighted by Crippen LogP contribution is -2.20. The zero-order valence-corrected chi connectivity index (χ0v) is 15.1. The van der Waals surface area contributed by atoms with Crippen LogP contribution in [0.25, 0.3) is 0 Å². The molecule has 0 saturated carbocycles. The molecule has 0 bridgehead atoms. The number of benzene rings is 2. The summed E-state index contributed by atoms with van der Waals surface area (Å²) in [5, 5.41) is 5.49. The molecule has 2 rings (SSSR count). The van der Waals surface area contributed by atoms with E-state index < -0.39 is 0 Å². The van der Waals surface area contributed by atoms with Crippen molar-refractivity contribution in [1.82, 2.24) is 0 Å². The Morgan fingerprint density at radius 2 is 1.71 bits per heavy atom. The number of aryl methyl sites for hydroxylation is 1. The summed E-state index contributed by atoms with van der Waals surface area (Å²) < 4.78 is 6.48. The second-order valence-electron chi connectivity index (χ2n) is 5.23. The molecule has 126 valence electrons. The zero-order chi connectivity index (χ0) is 17.5. The first kappa shape index (κ1) is 18.0. The number of ether oxygens (including phenoxy) is 1. The van der Waals surface area contributed by atoms with Crippen molar-refractivity contribution < 1.29 is 14.3 Å². The van der Waals surface area contributed by atoms with Gasteiger partial charge in [0.25, 0.3) is 5.91 Å². The molecule has 6 heteroatoms. The van der Waals surface area contributed by atoms with Crippen LogP contribution in [-0.4, -0.2) is 18.4 Å². The summed E-state index contributed by atoms with van der Waals surface area (Å²) in [7, 11) is 0. The summed E-state index contributed by atoms with van der Waals surface area (Å²) in [4.78, 5) is 23.4. The number of nitrogens with one attached hydrogen (secondary N) is 2. The second kappa shape index (κ2) is 8.49. The highest BCUT2D eigenvalue weighted by atomic mass is 79.9. The van der Waals surface area contributed by atoms with Crippen LogP contribution in [0.5, 0.6) is 5.75 Å². The van der Waals surface area contributed by atoms with E-state index in [0.29, 0.717) is 23.5 Å². The Balaban J connectivity index is 1.91.